The van der Waals surface area contributed by atoms with E-state index in [1.54, 1.807) is 13.8 Å². The second-order valence-electron chi connectivity index (χ2n) is 3.16. The van der Waals surface area contributed by atoms with Gasteiger partial charge in [-0.1, -0.05) is 13.8 Å². The van der Waals surface area contributed by atoms with Crippen LogP contribution < -0.4 is 5.32 Å². The van der Waals surface area contributed by atoms with E-state index < -0.39 is 12.0 Å². The molecule has 1 amide bonds. The third-order valence-electron chi connectivity index (χ3n) is 1.89. The van der Waals surface area contributed by atoms with Crippen molar-refractivity contribution in [3.05, 3.63) is 0 Å². The van der Waals surface area contributed by atoms with E-state index in [4.69, 9.17) is 9.84 Å². The van der Waals surface area contributed by atoms with Gasteiger partial charge in [0.1, 0.15) is 6.04 Å². The summed E-state index contributed by atoms with van der Waals surface area (Å²) in [4.78, 5) is 22.0. The molecule has 0 aliphatic rings. The van der Waals surface area contributed by atoms with Crippen molar-refractivity contribution in [3.8, 4) is 0 Å². The Balaban J connectivity index is 4.08. The van der Waals surface area contributed by atoms with Crippen LogP contribution in [0.5, 0.6) is 0 Å². The van der Waals surface area contributed by atoms with Crippen LogP contribution in [-0.2, 0) is 14.3 Å². The van der Waals surface area contributed by atoms with E-state index in [1.807, 2.05) is 0 Å². The van der Waals surface area contributed by atoms with E-state index in [2.05, 4.69) is 5.32 Å². The van der Waals surface area contributed by atoms with Gasteiger partial charge in [0, 0.05) is 7.11 Å². The van der Waals surface area contributed by atoms with Crippen molar-refractivity contribution in [2.24, 2.45) is 5.92 Å². The fraction of sp³-hybridized carbons (Fsp3) is 0.778. The lowest BCUT2D eigenvalue weighted by molar-refractivity contribution is -0.142. The zero-order valence-electron chi connectivity index (χ0n) is 8.74. The number of carbonyl (C=O) groups is 2. The average Bonchev–Trinajstić information content (AvgIpc) is 2.13. The summed E-state index contributed by atoms with van der Waals surface area (Å²) < 4.78 is 4.79. The molecule has 0 aromatic carbocycles. The van der Waals surface area contributed by atoms with Crippen molar-refractivity contribution in [1.29, 1.82) is 0 Å². The van der Waals surface area contributed by atoms with Crippen molar-refractivity contribution in [1.82, 2.24) is 5.32 Å². The highest BCUT2D eigenvalue weighted by atomic mass is 16.5. The molecule has 0 aliphatic carbocycles. The molecule has 0 fully saturated rings. The Labute approximate surface area is 83.4 Å². The molecule has 0 spiro atoms. The van der Waals surface area contributed by atoms with Gasteiger partial charge in [0.25, 0.3) is 0 Å². The number of aliphatic carboxylic acids is 1. The standard InChI is InChI=1S/C9H17NO4/c1-4-7(9(12)13)10-8(11)6(2)5-14-3/h6-7H,4-5H2,1-3H3,(H,10,11)(H,12,13). The Hall–Kier alpha value is -1.10. The molecule has 2 unspecified atom stereocenters. The molecule has 0 saturated heterocycles. The van der Waals surface area contributed by atoms with Crippen LogP contribution in [0.15, 0.2) is 0 Å². The summed E-state index contributed by atoms with van der Waals surface area (Å²) in [6.45, 7) is 3.69. The number of methoxy groups -OCH3 is 1. The van der Waals surface area contributed by atoms with E-state index in [9.17, 15) is 9.59 Å². The SMILES string of the molecule is CCC(NC(=O)C(C)COC)C(=O)O. The molecule has 5 nitrogen and oxygen atoms in total. The highest BCUT2D eigenvalue weighted by Gasteiger charge is 2.20. The minimum absolute atomic E-state index is 0.291. The van der Waals surface area contributed by atoms with Crippen molar-refractivity contribution >= 4 is 11.9 Å². The van der Waals surface area contributed by atoms with Crippen LogP contribution in [0.3, 0.4) is 0 Å². The first kappa shape index (κ1) is 12.9. The first-order valence-electron chi connectivity index (χ1n) is 4.55. The van der Waals surface area contributed by atoms with Gasteiger partial charge in [0.05, 0.1) is 12.5 Å². The van der Waals surface area contributed by atoms with Crippen molar-refractivity contribution in [2.75, 3.05) is 13.7 Å². The molecule has 0 heterocycles. The number of amides is 1. The Morgan fingerprint density at radius 1 is 1.50 bits per heavy atom. The summed E-state index contributed by atoms with van der Waals surface area (Å²) in [7, 11) is 1.50. The maximum absolute atomic E-state index is 11.4. The first-order chi connectivity index (χ1) is 6.52. The lowest BCUT2D eigenvalue weighted by Gasteiger charge is -2.15. The molecule has 2 N–H and O–H groups in total. The van der Waals surface area contributed by atoms with E-state index in [0.29, 0.717) is 13.0 Å². The predicted molar refractivity (Wildman–Crippen MR) is 50.9 cm³/mol. The second-order valence-corrected chi connectivity index (χ2v) is 3.16. The van der Waals surface area contributed by atoms with Crippen LogP contribution in [0.4, 0.5) is 0 Å². The Kier molecular flexibility index (Phi) is 5.87. The second kappa shape index (κ2) is 6.37. The zero-order valence-corrected chi connectivity index (χ0v) is 8.74. The third-order valence-corrected chi connectivity index (χ3v) is 1.89. The van der Waals surface area contributed by atoms with Crippen molar-refractivity contribution < 1.29 is 19.4 Å². The van der Waals surface area contributed by atoms with Gasteiger partial charge >= 0.3 is 5.97 Å². The summed E-state index contributed by atoms with van der Waals surface area (Å²) >= 11 is 0. The van der Waals surface area contributed by atoms with Gasteiger partial charge in [-0.2, -0.15) is 0 Å². The smallest absolute Gasteiger partial charge is 0.326 e. The number of hydrogen-bond donors (Lipinski definition) is 2. The number of nitrogens with one attached hydrogen (secondary N) is 1. The maximum Gasteiger partial charge on any atom is 0.326 e. The van der Waals surface area contributed by atoms with Crippen LogP contribution in [0.25, 0.3) is 0 Å². The fourth-order valence-corrected chi connectivity index (χ4v) is 0.978. The highest BCUT2D eigenvalue weighted by molar-refractivity contribution is 5.84. The lowest BCUT2D eigenvalue weighted by Crippen LogP contribution is -2.43. The summed E-state index contributed by atoms with van der Waals surface area (Å²) in [5, 5.41) is 11.1. The number of carboxylic acid groups (broad SMARTS) is 1. The maximum atomic E-state index is 11.4. The van der Waals surface area contributed by atoms with Crippen molar-refractivity contribution in [2.45, 2.75) is 26.3 Å². The number of ether oxygens (including phenoxy) is 1. The molecule has 2 atom stereocenters. The van der Waals surface area contributed by atoms with Gasteiger partial charge < -0.3 is 15.2 Å². The van der Waals surface area contributed by atoms with Gasteiger partial charge in [-0.25, -0.2) is 4.79 Å². The molecule has 5 heteroatoms. The Morgan fingerprint density at radius 2 is 2.07 bits per heavy atom. The van der Waals surface area contributed by atoms with Gasteiger partial charge in [-0.3, -0.25) is 4.79 Å². The molecule has 0 rings (SSSR count). The van der Waals surface area contributed by atoms with E-state index in [0.717, 1.165) is 0 Å². The van der Waals surface area contributed by atoms with Gasteiger partial charge in [-0.15, -0.1) is 0 Å². The van der Waals surface area contributed by atoms with Gasteiger partial charge in [0.2, 0.25) is 5.91 Å². The Morgan fingerprint density at radius 3 is 2.43 bits per heavy atom. The molecule has 0 aromatic rings. The number of carboxylic acids is 1. The molecule has 0 radical (unpaired) electrons. The van der Waals surface area contributed by atoms with Crippen LogP contribution in [0.1, 0.15) is 20.3 Å². The number of carbonyl (C=O) groups excluding carboxylic acids is 1. The third kappa shape index (κ3) is 4.23. The lowest BCUT2D eigenvalue weighted by atomic mass is 10.1. The van der Waals surface area contributed by atoms with Crippen LogP contribution in [0, 0.1) is 5.92 Å². The minimum atomic E-state index is -1.01. The molecule has 0 bridgehead atoms. The quantitative estimate of drug-likeness (QED) is 0.648. The summed E-state index contributed by atoms with van der Waals surface area (Å²) in [6, 6.07) is -0.804. The largest absolute Gasteiger partial charge is 0.480 e. The van der Waals surface area contributed by atoms with E-state index in [1.165, 1.54) is 7.11 Å². The fourth-order valence-electron chi connectivity index (χ4n) is 0.978. The summed E-state index contributed by atoms with van der Waals surface area (Å²) in [6.07, 6.45) is 0.376. The molecular formula is C9H17NO4. The van der Waals surface area contributed by atoms with E-state index >= 15 is 0 Å². The molecule has 14 heavy (non-hydrogen) atoms. The van der Waals surface area contributed by atoms with Crippen LogP contribution in [-0.4, -0.2) is 36.7 Å². The van der Waals surface area contributed by atoms with Crippen molar-refractivity contribution in [3.63, 3.8) is 0 Å². The minimum Gasteiger partial charge on any atom is -0.480 e. The normalized spacial score (nSPS) is 14.5. The predicted octanol–water partition coefficient (Wildman–Crippen LogP) is 0.248. The molecule has 0 saturated carbocycles. The van der Waals surface area contributed by atoms with Crippen LogP contribution >= 0.6 is 0 Å². The molecular weight excluding hydrogens is 186 g/mol. The number of hydrogen-bond acceptors (Lipinski definition) is 3. The molecule has 0 aliphatic heterocycles. The van der Waals surface area contributed by atoms with Gasteiger partial charge in [0.15, 0.2) is 0 Å². The summed E-state index contributed by atoms with van der Waals surface area (Å²) in [5.41, 5.74) is 0. The highest BCUT2D eigenvalue weighted by Crippen LogP contribution is 1.98. The topological polar surface area (TPSA) is 75.6 Å². The average molecular weight is 203 g/mol. The summed E-state index contributed by atoms with van der Waals surface area (Å²) in [5.74, 6) is -1.63. The molecule has 0 aromatic heterocycles. The zero-order chi connectivity index (χ0) is 11.1. The van der Waals surface area contributed by atoms with Gasteiger partial charge in [-0.05, 0) is 6.42 Å². The Bertz CT molecular complexity index is 205. The number of rotatable bonds is 6. The van der Waals surface area contributed by atoms with Crippen LogP contribution in [0.2, 0.25) is 0 Å². The molecule has 82 valence electrons. The monoisotopic (exact) mass is 203 g/mol. The first-order valence-corrected chi connectivity index (χ1v) is 4.55. The van der Waals surface area contributed by atoms with E-state index in [-0.39, 0.29) is 11.8 Å².